The molecule has 0 unspecified atom stereocenters. The lowest BCUT2D eigenvalue weighted by atomic mass is 10.2. The van der Waals surface area contributed by atoms with Crippen molar-refractivity contribution in [2.75, 3.05) is 0 Å². The van der Waals surface area contributed by atoms with Gasteiger partial charge in [-0.2, -0.15) is 0 Å². The summed E-state index contributed by atoms with van der Waals surface area (Å²) in [6, 6.07) is 14.6. The van der Waals surface area contributed by atoms with E-state index in [-0.39, 0.29) is 6.61 Å². The molecule has 0 saturated carbocycles. The standard InChI is InChI=1S/C20H17NO4/c1-15-8-9-17(24-15)10-11-20(22)23-14-16-5-2-3-7-19(16)25-18-6-4-12-21-13-18/h2-13H,14H2,1H3/b11-10+. The summed E-state index contributed by atoms with van der Waals surface area (Å²) in [6.07, 6.45) is 6.21. The van der Waals surface area contributed by atoms with Crippen LogP contribution in [-0.4, -0.2) is 11.0 Å². The number of para-hydroxylation sites is 1. The van der Waals surface area contributed by atoms with Crippen molar-refractivity contribution < 1.29 is 18.7 Å². The Morgan fingerprint density at radius 1 is 1.16 bits per heavy atom. The van der Waals surface area contributed by atoms with Gasteiger partial charge in [0.1, 0.15) is 29.6 Å². The van der Waals surface area contributed by atoms with Crippen LogP contribution in [0.4, 0.5) is 0 Å². The summed E-state index contributed by atoms with van der Waals surface area (Å²) >= 11 is 0. The van der Waals surface area contributed by atoms with Gasteiger partial charge in [0.2, 0.25) is 0 Å². The van der Waals surface area contributed by atoms with E-state index in [1.807, 2.05) is 43.3 Å². The maximum absolute atomic E-state index is 11.9. The lowest BCUT2D eigenvalue weighted by Gasteiger charge is -2.10. The zero-order valence-corrected chi connectivity index (χ0v) is 13.7. The molecular formula is C20H17NO4. The Morgan fingerprint density at radius 2 is 2.04 bits per heavy atom. The Balaban J connectivity index is 1.61. The molecular weight excluding hydrogens is 318 g/mol. The number of furan rings is 1. The number of benzene rings is 1. The van der Waals surface area contributed by atoms with Crippen LogP contribution in [0.1, 0.15) is 17.1 Å². The van der Waals surface area contributed by atoms with E-state index in [0.717, 1.165) is 11.3 Å². The van der Waals surface area contributed by atoms with Gasteiger partial charge in [-0.15, -0.1) is 0 Å². The van der Waals surface area contributed by atoms with Crippen LogP contribution in [0.25, 0.3) is 6.08 Å². The van der Waals surface area contributed by atoms with Crippen molar-refractivity contribution in [2.45, 2.75) is 13.5 Å². The van der Waals surface area contributed by atoms with Gasteiger partial charge >= 0.3 is 5.97 Å². The van der Waals surface area contributed by atoms with E-state index in [9.17, 15) is 4.79 Å². The number of esters is 1. The minimum Gasteiger partial charge on any atom is -0.462 e. The molecule has 5 heteroatoms. The summed E-state index contributed by atoms with van der Waals surface area (Å²) in [7, 11) is 0. The van der Waals surface area contributed by atoms with Crippen LogP contribution >= 0.6 is 0 Å². The second-order valence-corrected chi connectivity index (χ2v) is 5.29. The van der Waals surface area contributed by atoms with Crippen LogP contribution < -0.4 is 4.74 Å². The first-order valence-corrected chi connectivity index (χ1v) is 7.78. The van der Waals surface area contributed by atoms with E-state index in [2.05, 4.69) is 4.98 Å². The smallest absolute Gasteiger partial charge is 0.331 e. The molecule has 0 radical (unpaired) electrons. The van der Waals surface area contributed by atoms with Gasteiger partial charge in [-0.05, 0) is 43.3 Å². The van der Waals surface area contributed by atoms with Crippen molar-refractivity contribution in [1.29, 1.82) is 0 Å². The summed E-state index contributed by atoms with van der Waals surface area (Å²) in [6.45, 7) is 1.95. The van der Waals surface area contributed by atoms with Gasteiger partial charge in [0.05, 0.1) is 6.20 Å². The number of aromatic nitrogens is 1. The third-order valence-corrected chi connectivity index (χ3v) is 3.35. The van der Waals surface area contributed by atoms with Gasteiger partial charge in [0, 0.05) is 17.8 Å². The van der Waals surface area contributed by atoms with Gasteiger partial charge in [-0.25, -0.2) is 4.79 Å². The van der Waals surface area contributed by atoms with Gasteiger partial charge in [0.15, 0.2) is 0 Å². The number of aryl methyl sites for hydroxylation is 1. The molecule has 3 rings (SSSR count). The van der Waals surface area contributed by atoms with E-state index in [0.29, 0.717) is 17.3 Å². The van der Waals surface area contributed by atoms with Crippen molar-refractivity contribution >= 4 is 12.0 Å². The van der Waals surface area contributed by atoms with Crippen LogP contribution in [-0.2, 0) is 16.1 Å². The first kappa shape index (κ1) is 16.5. The molecule has 0 amide bonds. The Bertz CT molecular complexity index is 868. The molecule has 2 aromatic heterocycles. The van der Waals surface area contributed by atoms with Crippen LogP contribution in [0.3, 0.4) is 0 Å². The molecule has 0 spiro atoms. The molecule has 5 nitrogen and oxygen atoms in total. The molecule has 126 valence electrons. The average molecular weight is 335 g/mol. The van der Waals surface area contributed by atoms with E-state index < -0.39 is 5.97 Å². The molecule has 25 heavy (non-hydrogen) atoms. The number of nitrogens with zero attached hydrogens (tertiary/aromatic N) is 1. The highest BCUT2D eigenvalue weighted by atomic mass is 16.5. The molecule has 0 saturated heterocycles. The second-order valence-electron chi connectivity index (χ2n) is 5.29. The Hall–Kier alpha value is -3.34. The molecule has 0 aliphatic rings. The molecule has 0 N–H and O–H groups in total. The fourth-order valence-corrected chi connectivity index (χ4v) is 2.15. The maximum Gasteiger partial charge on any atom is 0.331 e. The zero-order valence-electron chi connectivity index (χ0n) is 13.7. The molecule has 1 aromatic carbocycles. The topological polar surface area (TPSA) is 61.6 Å². The highest BCUT2D eigenvalue weighted by molar-refractivity contribution is 5.86. The minimum atomic E-state index is -0.453. The Morgan fingerprint density at radius 3 is 2.80 bits per heavy atom. The largest absolute Gasteiger partial charge is 0.462 e. The highest BCUT2D eigenvalue weighted by Gasteiger charge is 2.07. The van der Waals surface area contributed by atoms with Crippen molar-refractivity contribution in [3.63, 3.8) is 0 Å². The predicted octanol–water partition coefficient (Wildman–Crippen LogP) is 4.53. The van der Waals surface area contributed by atoms with Crippen LogP contribution in [0.5, 0.6) is 11.5 Å². The molecule has 0 atom stereocenters. The van der Waals surface area contributed by atoms with Gasteiger partial charge in [-0.1, -0.05) is 18.2 Å². The maximum atomic E-state index is 11.9. The molecule has 0 bridgehead atoms. The summed E-state index contributed by atoms with van der Waals surface area (Å²) in [5, 5.41) is 0. The summed E-state index contributed by atoms with van der Waals surface area (Å²) < 4.78 is 16.4. The van der Waals surface area contributed by atoms with Crippen molar-refractivity contribution in [3.05, 3.63) is 84.1 Å². The average Bonchev–Trinajstić information content (AvgIpc) is 3.05. The first-order valence-electron chi connectivity index (χ1n) is 7.78. The third kappa shape index (κ3) is 4.81. The number of pyridine rings is 1. The summed E-state index contributed by atoms with van der Waals surface area (Å²) in [5.74, 6) is 2.18. The molecule has 0 aliphatic heterocycles. The normalized spacial score (nSPS) is 10.8. The quantitative estimate of drug-likeness (QED) is 0.489. The van der Waals surface area contributed by atoms with Crippen LogP contribution in [0, 0.1) is 6.92 Å². The molecule has 0 fully saturated rings. The first-order chi connectivity index (χ1) is 12.2. The third-order valence-electron chi connectivity index (χ3n) is 3.35. The number of ether oxygens (including phenoxy) is 2. The Labute approximate surface area is 145 Å². The van der Waals surface area contributed by atoms with E-state index >= 15 is 0 Å². The Kier molecular flexibility index (Phi) is 5.26. The highest BCUT2D eigenvalue weighted by Crippen LogP contribution is 2.25. The monoisotopic (exact) mass is 335 g/mol. The molecule has 3 aromatic rings. The summed E-state index contributed by atoms with van der Waals surface area (Å²) in [4.78, 5) is 15.9. The molecule has 0 aliphatic carbocycles. The van der Waals surface area contributed by atoms with E-state index in [1.54, 1.807) is 30.6 Å². The van der Waals surface area contributed by atoms with Crippen molar-refractivity contribution in [3.8, 4) is 11.5 Å². The second kappa shape index (κ2) is 7.97. The van der Waals surface area contributed by atoms with Crippen molar-refractivity contribution in [1.82, 2.24) is 4.98 Å². The van der Waals surface area contributed by atoms with E-state index in [1.165, 1.54) is 6.08 Å². The minimum absolute atomic E-state index is 0.108. The number of hydrogen-bond acceptors (Lipinski definition) is 5. The van der Waals surface area contributed by atoms with Gasteiger partial charge in [0.25, 0.3) is 0 Å². The van der Waals surface area contributed by atoms with Crippen LogP contribution in [0.15, 0.2) is 71.4 Å². The van der Waals surface area contributed by atoms with Crippen molar-refractivity contribution in [2.24, 2.45) is 0 Å². The summed E-state index contributed by atoms with van der Waals surface area (Å²) in [5.41, 5.74) is 0.766. The lowest BCUT2D eigenvalue weighted by Crippen LogP contribution is -2.02. The zero-order chi connectivity index (χ0) is 17.5. The number of rotatable bonds is 6. The van der Waals surface area contributed by atoms with Crippen LogP contribution in [0.2, 0.25) is 0 Å². The fraction of sp³-hybridized carbons (Fsp3) is 0.100. The number of carbonyl (C=O) groups excluding carboxylic acids is 1. The number of carbonyl (C=O) groups is 1. The SMILES string of the molecule is Cc1ccc(/C=C/C(=O)OCc2ccccc2Oc2cccnc2)o1. The van der Waals surface area contributed by atoms with E-state index in [4.69, 9.17) is 13.9 Å². The lowest BCUT2D eigenvalue weighted by molar-refractivity contribution is -0.138. The number of hydrogen-bond donors (Lipinski definition) is 0. The fourth-order valence-electron chi connectivity index (χ4n) is 2.15. The predicted molar refractivity (Wildman–Crippen MR) is 93.0 cm³/mol. The molecule has 2 heterocycles. The van der Waals surface area contributed by atoms with Gasteiger partial charge < -0.3 is 13.9 Å². The van der Waals surface area contributed by atoms with Gasteiger partial charge in [-0.3, -0.25) is 4.98 Å².